The van der Waals surface area contributed by atoms with Gasteiger partial charge in [0.25, 0.3) is 0 Å². The molecule has 0 radical (unpaired) electrons. The Bertz CT molecular complexity index is 1140. The van der Waals surface area contributed by atoms with Crippen molar-refractivity contribution in [2.45, 2.75) is 51.5 Å². The number of hydrogen-bond acceptors (Lipinski definition) is 8. The van der Waals surface area contributed by atoms with E-state index in [1.54, 1.807) is 0 Å². The molecule has 4 aliphatic rings. The number of rotatable bonds is 1. The number of amides is 1. The third-order valence-corrected chi connectivity index (χ3v) is 7.39. The van der Waals surface area contributed by atoms with Crippen molar-refractivity contribution in [1.82, 2.24) is 10.5 Å². The Morgan fingerprint density at radius 1 is 1.25 bits per heavy atom. The van der Waals surface area contributed by atoms with Gasteiger partial charge in [-0.05, 0) is 38.8 Å². The zero-order valence-electron chi connectivity index (χ0n) is 18.3. The first-order valence-electron chi connectivity index (χ1n) is 11.1. The van der Waals surface area contributed by atoms with Gasteiger partial charge in [-0.25, -0.2) is 4.79 Å². The minimum Gasteiger partial charge on any atom is -0.444 e. The number of ether oxygens (including phenoxy) is 2. The molecule has 0 bridgehead atoms. The first-order chi connectivity index (χ1) is 15.4. The van der Waals surface area contributed by atoms with Crippen molar-refractivity contribution in [3.05, 3.63) is 16.7 Å². The molecule has 2 saturated heterocycles. The molecule has 1 unspecified atom stereocenters. The molecule has 5 heterocycles. The molecule has 170 valence electrons. The van der Waals surface area contributed by atoms with Gasteiger partial charge in [-0.1, -0.05) is 16.8 Å². The van der Waals surface area contributed by atoms with E-state index < -0.39 is 6.09 Å². The molecule has 1 amide bonds. The van der Waals surface area contributed by atoms with Crippen LogP contribution in [0.5, 0.6) is 0 Å². The van der Waals surface area contributed by atoms with E-state index in [4.69, 9.17) is 25.6 Å². The Hall–Kier alpha value is -2.36. The molecule has 1 N–H and O–H groups in total. The van der Waals surface area contributed by atoms with Gasteiger partial charge in [0.15, 0.2) is 11.4 Å². The average Bonchev–Trinajstić information content (AvgIpc) is 3.30. The van der Waals surface area contributed by atoms with E-state index in [1.165, 1.54) is 4.90 Å². The summed E-state index contributed by atoms with van der Waals surface area (Å²) in [5, 5.41) is 8.91. The van der Waals surface area contributed by atoms with Crippen LogP contribution in [0.2, 0.25) is 5.02 Å². The monoisotopic (exact) mass is 459 g/mol. The van der Waals surface area contributed by atoms with Crippen LogP contribution in [0.4, 0.5) is 16.3 Å². The smallest absolute Gasteiger partial charge is 0.416 e. The van der Waals surface area contributed by atoms with Gasteiger partial charge in [0.05, 0.1) is 42.5 Å². The lowest BCUT2D eigenvalue weighted by atomic mass is 9.69. The summed E-state index contributed by atoms with van der Waals surface area (Å²) in [7, 11) is 0. The highest BCUT2D eigenvalue weighted by atomic mass is 35.5. The minimum atomic E-state index is -0.419. The van der Waals surface area contributed by atoms with Gasteiger partial charge in [0.1, 0.15) is 11.1 Å². The standard InChI is InChI=1S/C22H26ClN5O4/c1-11-6-27-17-14(5-22(8-24-10-25-9-22)19(27)13(3)30-11)4-15-18(16(17)23)32-26-20(15)28-7-12(2)31-21(28)29/h4,8,11-13,19,25H,5-7,9-10H2,1-3H3/t11-,12-,13+,19-,22?/m1/s1. The summed E-state index contributed by atoms with van der Waals surface area (Å²) in [6.07, 6.45) is 2.31. The van der Waals surface area contributed by atoms with Crippen molar-refractivity contribution >= 4 is 46.4 Å². The SMILES string of the molecule is C[C@@H]1CN(c2noc3c(Cl)c4c(cc23)CC2(C=NCNC2)[C@H]2[C@H](C)O[C@H](C)CN42)C(=O)O1. The van der Waals surface area contributed by atoms with Crippen LogP contribution in [-0.4, -0.2) is 68.1 Å². The molecule has 2 fully saturated rings. The fourth-order valence-corrected chi connectivity index (χ4v) is 6.36. The second-order valence-electron chi connectivity index (χ2n) is 9.44. The number of benzene rings is 1. The summed E-state index contributed by atoms with van der Waals surface area (Å²) in [6.45, 7) is 8.64. The lowest BCUT2D eigenvalue weighted by molar-refractivity contribution is -0.0519. The summed E-state index contributed by atoms with van der Waals surface area (Å²) in [5.74, 6) is 0.453. The Morgan fingerprint density at radius 3 is 2.81 bits per heavy atom. The van der Waals surface area contributed by atoms with Crippen molar-refractivity contribution in [3.8, 4) is 0 Å². The zero-order chi connectivity index (χ0) is 22.2. The summed E-state index contributed by atoms with van der Waals surface area (Å²) in [5.41, 5.74) is 2.33. The normalized spacial score (nSPS) is 34.2. The Morgan fingerprint density at radius 2 is 2.09 bits per heavy atom. The second kappa shape index (κ2) is 7.07. The third-order valence-electron chi connectivity index (χ3n) is 7.04. The van der Waals surface area contributed by atoms with E-state index in [0.717, 1.165) is 36.1 Å². The van der Waals surface area contributed by atoms with Gasteiger partial charge >= 0.3 is 6.09 Å². The van der Waals surface area contributed by atoms with Crippen LogP contribution < -0.4 is 15.1 Å². The van der Waals surface area contributed by atoms with Crippen LogP contribution in [0.15, 0.2) is 15.6 Å². The number of nitrogens with zero attached hydrogens (tertiary/aromatic N) is 4. The van der Waals surface area contributed by atoms with Crippen LogP contribution >= 0.6 is 11.6 Å². The number of nitrogens with one attached hydrogen (secondary N) is 1. The highest BCUT2D eigenvalue weighted by Gasteiger charge is 2.52. The Kier molecular flexibility index (Phi) is 4.48. The molecule has 1 spiro atoms. The fourth-order valence-electron chi connectivity index (χ4n) is 6.00. The van der Waals surface area contributed by atoms with E-state index in [2.05, 4.69) is 46.5 Å². The lowest BCUT2D eigenvalue weighted by Crippen LogP contribution is -2.67. The summed E-state index contributed by atoms with van der Waals surface area (Å²) in [6, 6.07) is 2.17. The number of carbonyl (C=O) groups excluding carboxylic acids is 1. The summed E-state index contributed by atoms with van der Waals surface area (Å²) in [4.78, 5) is 20.8. The molecule has 9 nitrogen and oxygen atoms in total. The molecule has 4 aliphatic heterocycles. The van der Waals surface area contributed by atoms with Gasteiger partial charge in [0, 0.05) is 24.7 Å². The molecule has 5 atom stereocenters. The van der Waals surface area contributed by atoms with Crippen LogP contribution in [0, 0.1) is 5.41 Å². The summed E-state index contributed by atoms with van der Waals surface area (Å²) >= 11 is 6.99. The van der Waals surface area contributed by atoms with Crippen molar-refractivity contribution in [2.75, 3.05) is 36.1 Å². The van der Waals surface area contributed by atoms with Crippen molar-refractivity contribution < 1.29 is 18.8 Å². The Labute approximate surface area is 190 Å². The highest BCUT2D eigenvalue weighted by molar-refractivity contribution is 6.38. The molecule has 1 aromatic carbocycles. The van der Waals surface area contributed by atoms with Crippen molar-refractivity contribution in [2.24, 2.45) is 10.4 Å². The number of aromatic nitrogens is 1. The molecule has 0 saturated carbocycles. The van der Waals surface area contributed by atoms with Crippen molar-refractivity contribution in [1.29, 1.82) is 0 Å². The molecule has 10 heteroatoms. The predicted molar refractivity (Wildman–Crippen MR) is 121 cm³/mol. The number of morpholine rings is 1. The largest absolute Gasteiger partial charge is 0.444 e. The van der Waals surface area contributed by atoms with Crippen molar-refractivity contribution in [3.63, 3.8) is 0 Å². The number of cyclic esters (lactones) is 1. The average molecular weight is 460 g/mol. The van der Waals surface area contributed by atoms with Gasteiger partial charge in [-0.15, -0.1) is 0 Å². The van der Waals surface area contributed by atoms with Crippen LogP contribution in [0.1, 0.15) is 26.3 Å². The molecule has 0 aliphatic carbocycles. The quantitative estimate of drug-likeness (QED) is 0.700. The first kappa shape index (κ1) is 20.3. The number of hydrogen-bond donors (Lipinski definition) is 1. The first-order valence-corrected chi connectivity index (χ1v) is 11.5. The van der Waals surface area contributed by atoms with Crippen LogP contribution in [0.25, 0.3) is 11.0 Å². The molecule has 6 rings (SSSR count). The fraction of sp³-hybridized carbons (Fsp3) is 0.591. The van der Waals surface area contributed by atoms with Gasteiger partial charge in [-0.2, -0.15) is 0 Å². The predicted octanol–water partition coefficient (Wildman–Crippen LogP) is 2.98. The number of carbonyl (C=O) groups is 1. The second-order valence-corrected chi connectivity index (χ2v) is 9.82. The van der Waals surface area contributed by atoms with E-state index in [1.807, 2.05) is 6.92 Å². The van der Waals surface area contributed by atoms with Gasteiger partial charge < -0.3 is 18.9 Å². The van der Waals surface area contributed by atoms with E-state index in [-0.39, 0.29) is 29.8 Å². The van der Waals surface area contributed by atoms with Gasteiger partial charge in [0.2, 0.25) is 0 Å². The molecule has 1 aromatic heterocycles. The Balaban J connectivity index is 1.54. The number of halogens is 1. The maximum Gasteiger partial charge on any atom is 0.416 e. The lowest BCUT2D eigenvalue weighted by Gasteiger charge is -2.56. The van der Waals surface area contributed by atoms with Crippen LogP contribution in [-0.2, 0) is 15.9 Å². The molecule has 2 aromatic rings. The topological polar surface area (TPSA) is 92.4 Å². The van der Waals surface area contributed by atoms with E-state index in [9.17, 15) is 4.79 Å². The third kappa shape index (κ3) is 2.80. The van der Waals surface area contributed by atoms with E-state index in [0.29, 0.717) is 29.6 Å². The number of anilines is 2. The van der Waals surface area contributed by atoms with Gasteiger partial charge in [-0.3, -0.25) is 15.2 Å². The molecular weight excluding hydrogens is 434 g/mol. The van der Waals surface area contributed by atoms with Crippen LogP contribution in [0.3, 0.4) is 0 Å². The molecule has 32 heavy (non-hydrogen) atoms. The zero-order valence-corrected chi connectivity index (χ0v) is 19.1. The number of fused-ring (bicyclic) bond motifs is 5. The maximum absolute atomic E-state index is 12.3. The molecular formula is C22H26ClN5O4. The number of aliphatic imine (C=N–C) groups is 1. The maximum atomic E-state index is 12.3. The van der Waals surface area contributed by atoms with E-state index >= 15 is 0 Å². The minimum absolute atomic E-state index is 0.0103. The highest BCUT2D eigenvalue weighted by Crippen LogP contribution is 2.50. The summed E-state index contributed by atoms with van der Waals surface area (Å²) < 4.78 is 17.2.